The first-order valence-corrected chi connectivity index (χ1v) is 8.32. The number of rotatable bonds is 6. The van der Waals surface area contributed by atoms with Gasteiger partial charge in [-0.2, -0.15) is 0 Å². The molecule has 8 nitrogen and oxygen atoms in total. The second kappa shape index (κ2) is 7.30. The van der Waals surface area contributed by atoms with Crippen molar-refractivity contribution in [3.8, 4) is 5.69 Å². The fourth-order valence-electron chi connectivity index (χ4n) is 2.75. The van der Waals surface area contributed by atoms with Crippen LogP contribution < -0.4 is 5.32 Å². The van der Waals surface area contributed by atoms with Gasteiger partial charge in [0.15, 0.2) is 5.69 Å². The van der Waals surface area contributed by atoms with Crippen molar-refractivity contribution < 1.29 is 14.7 Å². The van der Waals surface area contributed by atoms with Crippen molar-refractivity contribution in [3.05, 3.63) is 47.9 Å². The molecule has 134 valence electrons. The Labute approximate surface area is 149 Å². The molecule has 0 aliphatic heterocycles. The predicted molar refractivity (Wildman–Crippen MR) is 95.2 cm³/mol. The van der Waals surface area contributed by atoms with Crippen molar-refractivity contribution in [1.29, 1.82) is 0 Å². The smallest absolute Gasteiger partial charge is 0.326 e. The number of benzene rings is 1. The normalized spacial score (nSPS) is 12.1. The molecule has 2 aromatic heterocycles. The summed E-state index contributed by atoms with van der Waals surface area (Å²) < 4.78 is 1.55. The summed E-state index contributed by atoms with van der Waals surface area (Å²) in [4.78, 5) is 27.9. The zero-order valence-corrected chi connectivity index (χ0v) is 14.5. The highest BCUT2D eigenvalue weighted by atomic mass is 16.4. The van der Waals surface area contributed by atoms with Crippen molar-refractivity contribution in [2.75, 3.05) is 0 Å². The zero-order chi connectivity index (χ0) is 18.7. The van der Waals surface area contributed by atoms with Gasteiger partial charge in [-0.25, -0.2) is 9.48 Å². The summed E-state index contributed by atoms with van der Waals surface area (Å²) in [5.74, 6) is -1.61. The summed E-state index contributed by atoms with van der Waals surface area (Å²) in [6.45, 7) is 3.58. The van der Waals surface area contributed by atoms with E-state index >= 15 is 0 Å². The van der Waals surface area contributed by atoms with Crippen LogP contribution in [0.5, 0.6) is 0 Å². The number of carboxylic acids is 1. The monoisotopic (exact) mass is 353 g/mol. The molecule has 0 fully saturated rings. The van der Waals surface area contributed by atoms with Gasteiger partial charge in [0.1, 0.15) is 6.04 Å². The summed E-state index contributed by atoms with van der Waals surface area (Å²) in [5.41, 5.74) is 2.25. The minimum absolute atomic E-state index is 0.110. The number of aliphatic carboxylic acids is 1. The molecule has 0 spiro atoms. The molecule has 0 bridgehead atoms. The van der Waals surface area contributed by atoms with Gasteiger partial charge in [0.2, 0.25) is 0 Å². The van der Waals surface area contributed by atoms with Crippen LogP contribution in [0.15, 0.2) is 36.5 Å². The summed E-state index contributed by atoms with van der Waals surface area (Å²) in [6, 6.07) is 8.46. The van der Waals surface area contributed by atoms with Gasteiger partial charge < -0.3 is 10.4 Å². The van der Waals surface area contributed by atoms with E-state index in [9.17, 15) is 14.7 Å². The van der Waals surface area contributed by atoms with Gasteiger partial charge in [-0.3, -0.25) is 9.78 Å². The molecule has 1 aromatic carbocycles. The van der Waals surface area contributed by atoms with Gasteiger partial charge in [0.25, 0.3) is 5.91 Å². The number of fused-ring (bicyclic) bond motifs is 1. The van der Waals surface area contributed by atoms with Crippen LogP contribution >= 0.6 is 0 Å². The highest BCUT2D eigenvalue weighted by molar-refractivity contribution is 5.95. The van der Waals surface area contributed by atoms with Crippen LogP contribution in [-0.4, -0.2) is 43.0 Å². The Morgan fingerprint density at radius 3 is 2.85 bits per heavy atom. The first kappa shape index (κ1) is 17.5. The maximum atomic E-state index is 12.4. The quantitative estimate of drug-likeness (QED) is 0.702. The lowest BCUT2D eigenvalue weighted by Crippen LogP contribution is -2.41. The van der Waals surface area contributed by atoms with Crippen LogP contribution in [0.3, 0.4) is 0 Å². The number of pyridine rings is 1. The molecule has 3 rings (SSSR count). The summed E-state index contributed by atoms with van der Waals surface area (Å²) >= 11 is 0. The van der Waals surface area contributed by atoms with E-state index in [4.69, 9.17) is 0 Å². The molecule has 2 N–H and O–H groups in total. The molecular weight excluding hydrogens is 334 g/mol. The van der Waals surface area contributed by atoms with Crippen LogP contribution in [0.4, 0.5) is 0 Å². The molecule has 1 unspecified atom stereocenters. The molecule has 0 aliphatic rings. The predicted octanol–water partition coefficient (Wildman–Crippen LogP) is 2.11. The van der Waals surface area contributed by atoms with Crippen molar-refractivity contribution in [2.45, 2.75) is 32.7 Å². The molecule has 0 aliphatic carbocycles. The number of carboxylic acid groups (broad SMARTS) is 1. The van der Waals surface area contributed by atoms with Crippen LogP contribution in [0, 0.1) is 6.92 Å². The van der Waals surface area contributed by atoms with Crippen molar-refractivity contribution in [3.63, 3.8) is 0 Å². The number of hydrogen-bond acceptors (Lipinski definition) is 5. The van der Waals surface area contributed by atoms with E-state index in [-0.39, 0.29) is 5.69 Å². The van der Waals surface area contributed by atoms with E-state index in [0.29, 0.717) is 18.5 Å². The molecule has 8 heteroatoms. The lowest BCUT2D eigenvalue weighted by atomic mass is 10.1. The SMILES string of the molecule is CCCC(NC(=O)c1nnn(-c2ccc3ncccc3c2)c1C)C(=O)O. The minimum Gasteiger partial charge on any atom is -0.480 e. The van der Waals surface area contributed by atoms with Gasteiger partial charge in [-0.1, -0.05) is 24.6 Å². The van der Waals surface area contributed by atoms with Gasteiger partial charge in [0.05, 0.1) is 16.9 Å². The van der Waals surface area contributed by atoms with Crippen LogP contribution in [0.1, 0.15) is 35.9 Å². The van der Waals surface area contributed by atoms with E-state index < -0.39 is 17.9 Å². The van der Waals surface area contributed by atoms with Crippen LogP contribution in [0.2, 0.25) is 0 Å². The highest BCUT2D eigenvalue weighted by Gasteiger charge is 2.23. The third-order valence-electron chi connectivity index (χ3n) is 4.12. The molecular formula is C18H19N5O3. The molecule has 0 saturated carbocycles. The lowest BCUT2D eigenvalue weighted by Gasteiger charge is -2.12. The average Bonchev–Trinajstić information content (AvgIpc) is 3.02. The van der Waals surface area contributed by atoms with Crippen molar-refractivity contribution in [2.24, 2.45) is 0 Å². The molecule has 2 heterocycles. The Morgan fingerprint density at radius 2 is 2.12 bits per heavy atom. The number of nitrogens with one attached hydrogen (secondary N) is 1. The Morgan fingerprint density at radius 1 is 1.31 bits per heavy atom. The highest BCUT2D eigenvalue weighted by Crippen LogP contribution is 2.18. The zero-order valence-electron chi connectivity index (χ0n) is 14.5. The summed E-state index contributed by atoms with van der Waals surface area (Å²) in [6.07, 6.45) is 2.72. The molecule has 1 atom stereocenters. The topological polar surface area (TPSA) is 110 Å². The van der Waals surface area contributed by atoms with E-state index in [1.807, 2.05) is 37.3 Å². The van der Waals surface area contributed by atoms with Gasteiger partial charge in [-0.15, -0.1) is 5.10 Å². The summed E-state index contributed by atoms with van der Waals surface area (Å²) in [5, 5.41) is 20.6. The number of amides is 1. The Balaban J connectivity index is 1.89. The first-order chi connectivity index (χ1) is 12.5. The Bertz CT molecular complexity index is 966. The van der Waals surface area contributed by atoms with Crippen molar-refractivity contribution in [1.82, 2.24) is 25.3 Å². The fourth-order valence-corrected chi connectivity index (χ4v) is 2.75. The average molecular weight is 353 g/mol. The van der Waals surface area contributed by atoms with Gasteiger partial charge >= 0.3 is 5.97 Å². The van der Waals surface area contributed by atoms with Crippen LogP contribution in [-0.2, 0) is 4.79 Å². The maximum Gasteiger partial charge on any atom is 0.326 e. The van der Waals surface area contributed by atoms with Gasteiger partial charge in [-0.05, 0) is 37.6 Å². The molecule has 0 saturated heterocycles. The van der Waals surface area contributed by atoms with Crippen molar-refractivity contribution >= 4 is 22.8 Å². The van der Waals surface area contributed by atoms with E-state index in [1.165, 1.54) is 0 Å². The molecule has 0 radical (unpaired) electrons. The largest absolute Gasteiger partial charge is 0.480 e. The third kappa shape index (κ3) is 3.39. The number of carbonyl (C=O) groups is 2. The van der Waals surface area contributed by atoms with E-state index in [2.05, 4.69) is 20.6 Å². The number of hydrogen-bond donors (Lipinski definition) is 2. The number of nitrogens with zero attached hydrogens (tertiary/aromatic N) is 4. The Kier molecular flexibility index (Phi) is 4.92. The lowest BCUT2D eigenvalue weighted by molar-refractivity contribution is -0.139. The molecule has 1 amide bonds. The standard InChI is InChI=1S/C18H19N5O3/c1-3-5-15(18(25)26)20-17(24)16-11(2)23(22-21-16)13-7-8-14-12(10-13)6-4-9-19-14/h4,6-10,15H,3,5H2,1-2H3,(H,20,24)(H,25,26). The number of aromatic nitrogens is 4. The first-order valence-electron chi connectivity index (χ1n) is 8.32. The molecule has 3 aromatic rings. The van der Waals surface area contributed by atoms with E-state index in [1.54, 1.807) is 17.8 Å². The maximum absolute atomic E-state index is 12.4. The second-order valence-corrected chi connectivity index (χ2v) is 5.97. The third-order valence-corrected chi connectivity index (χ3v) is 4.12. The van der Waals surface area contributed by atoms with Gasteiger partial charge in [0, 0.05) is 11.6 Å². The van der Waals surface area contributed by atoms with E-state index in [0.717, 1.165) is 16.6 Å². The number of carbonyl (C=O) groups excluding carboxylic acids is 1. The minimum atomic E-state index is -1.06. The fraction of sp³-hybridized carbons (Fsp3) is 0.278. The Hall–Kier alpha value is -3.29. The summed E-state index contributed by atoms with van der Waals surface area (Å²) in [7, 11) is 0. The second-order valence-electron chi connectivity index (χ2n) is 5.97. The molecule has 26 heavy (non-hydrogen) atoms. The van der Waals surface area contributed by atoms with Crippen LogP contribution in [0.25, 0.3) is 16.6 Å².